The minimum atomic E-state index is -0.692. The predicted molar refractivity (Wildman–Crippen MR) is 83.0 cm³/mol. The van der Waals surface area contributed by atoms with Crippen LogP contribution in [0.4, 0.5) is 10.2 Å². The number of nitriles is 1. The molecule has 0 atom stereocenters. The molecule has 0 spiro atoms. The summed E-state index contributed by atoms with van der Waals surface area (Å²) in [7, 11) is 3.48. The number of benzene rings is 1. The summed E-state index contributed by atoms with van der Waals surface area (Å²) in [5.41, 5.74) is 0.639. The van der Waals surface area contributed by atoms with Crippen molar-refractivity contribution in [3.63, 3.8) is 0 Å². The van der Waals surface area contributed by atoms with Crippen molar-refractivity contribution in [3.8, 4) is 12.1 Å². The van der Waals surface area contributed by atoms with Gasteiger partial charge in [-0.15, -0.1) is 0 Å². The normalized spacial score (nSPS) is 11.3. The molecule has 1 heterocycles. The van der Waals surface area contributed by atoms with Crippen molar-refractivity contribution in [2.45, 2.75) is 0 Å². The molecule has 1 aromatic carbocycles. The second-order valence-electron chi connectivity index (χ2n) is 4.54. The summed E-state index contributed by atoms with van der Waals surface area (Å²) in [6.45, 7) is 0. The first-order valence-electron chi connectivity index (χ1n) is 6.54. The van der Waals surface area contributed by atoms with E-state index < -0.39 is 5.82 Å². The maximum absolute atomic E-state index is 13.5. The Kier molecular flexibility index (Phi) is 5.30. The Morgan fingerprint density at radius 1 is 1.35 bits per heavy atom. The standard InChI is InChI=1S/C15H13FN6O/c1-22(2)10-19-14-12(16)9-18-15(20-14)23-21-13(8-17)11-6-4-3-5-7-11/h3-7,9-10H,1-2H3/b19-10+,21-13+. The summed E-state index contributed by atoms with van der Waals surface area (Å²) in [6.07, 6.45) is 2.32. The van der Waals surface area contributed by atoms with Crippen molar-refractivity contribution in [2.75, 3.05) is 14.1 Å². The molecule has 23 heavy (non-hydrogen) atoms. The molecule has 0 unspecified atom stereocenters. The zero-order valence-electron chi connectivity index (χ0n) is 12.5. The summed E-state index contributed by atoms with van der Waals surface area (Å²) in [5.74, 6) is -0.875. The van der Waals surface area contributed by atoms with Gasteiger partial charge in [-0.3, -0.25) is 0 Å². The van der Waals surface area contributed by atoms with Gasteiger partial charge >= 0.3 is 6.01 Å². The summed E-state index contributed by atoms with van der Waals surface area (Å²) in [6, 6.07) is 10.5. The molecule has 0 aliphatic rings. The van der Waals surface area contributed by atoms with Crippen LogP contribution in [0.25, 0.3) is 0 Å². The van der Waals surface area contributed by atoms with Crippen LogP contribution in [0, 0.1) is 17.1 Å². The molecule has 116 valence electrons. The first-order chi connectivity index (χ1) is 11.1. The smallest absolute Gasteiger partial charge is 0.347 e. The number of aliphatic imine (C=N–C) groups is 1. The Labute approximate surface area is 132 Å². The lowest BCUT2D eigenvalue weighted by atomic mass is 10.1. The van der Waals surface area contributed by atoms with Crippen LogP contribution in [0.3, 0.4) is 0 Å². The Morgan fingerprint density at radius 3 is 2.74 bits per heavy atom. The largest absolute Gasteiger partial charge is 0.369 e. The van der Waals surface area contributed by atoms with E-state index in [0.717, 1.165) is 6.20 Å². The minimum Gasteiger partial charge on any atom is -0.369 e. The van der Waals surface area contributed by atoms with Crippen molar-refractivity contribution < 1.29 is 9.23 Å². The van der Waals surface area contributed by atoms with E-state index in [9.17, 15) is 4.39 Å². The SMILES string of the molecule is CN(C)/C=N/c1nc(O/N=C(\C#N)c2ccccc2)ncc1F. The van der Waals surface area contributed by atoms with E-state index in [4.69, 9.17) is 10.1 Å². The van der Waals surface area contributed by atoms with Crippen LogP contribution in [0.1, 0.15) is 5.56 Å². The first-order valence-corrected chi connectivity index (χ1v) is 6.54. The van der Waals surface area contributed by atoms with Gasteiger partial charge < -0.3 is 9.74 Å². The van der Waals surface area contributed by atoms with Crippen molar-refractivity contribution in [2.24, 2.45) is 10.1 Å². The van der Waals surface area contributed by atoms with Crippen LogP contribution < -0.4 is 4.84 Å². The number of rotatable bonds is 5. The zero-order valence-corrected chi connectivity index (χ0v) is 12.5. The monoisotopic (exact) mass is 312 g/mol. The van der Waals surface area contributed by atoms with Gasteiger partial charge in [0.1, 0.15) is 6.07 Å². The fourth-order valence-corrected chi connectivity index (χ4v) is 1.47. The lowest BCUT2D eigenvalue weighted by Gasteiger charge is -2.03. The molecule has 7 nitrogen and oxygen atoms in total. The van der Waals surface area contributed by atoms with E-state index >= 15 is 0 Å². The van der Waals surface area contributed by atoms with Crippen LogP contribution in [-0.4, -0.2) is 41.0 Å². The molecule has 1 aromatic heterocycles. The first kappa shape index (κ1) is 16.0. The van der Waals surface area contributed by atoms with Crippen LogP contribution >= 0.6 is 0 Å². The van der Waals surface area contributed by atoms with E-state index in [2.05, 4.69) is 20.1 Å². The zero-order chi connectivity index (χ0) is 16.7. The van der Waals surface area contributed by atoms with Gasteiger partial charge in [-0.2, -0.15) is 15.2 Å². The molecule has 0 fully saturated rings. The molecule has 0 aliphatic heterocycles. The maximum atomic E-state index is 13.5. The van der Waals surface area contributed by atoms with E-state index in [-0.39, 0.29) is 17.5 Å². The van der Waals surface area contributed by atoms with Crippen LogP contribution in [0.15, 0.2) is 46.7 Å². The lowest BCUT2D eigenvalue weighted by Crippen LogP contribution is -2.07. The predicted octanol–water partition coefficient (Wildman–Crippen LogP) is 2.14. The number of hydrogen-bond donors (Lipinski definition) is 0. The summed E-state index contributed by atoms with van der Waals surface area (Å²) in [4.78, 5) is 17.9. The van der Waals surface area contributed by atoms with Gasteiger partial charge in [0.2, 0.25) is 0 Å². The summed E-state index contributed by atoms with van der Waals surface area (Å²) in [5, 5.41) is 12.8. The average molecular weight is 312 g/mol. The highest BCUT2D eigenvalue weighted by Crippen LogP contribution is 2.16. The highest BCUT2D eigenvalue weighted by atomic mass is 19.1. The topological polar surface area (TPSA) is 86.8 Å². The molecule has 8 heteroatoms. The Hall–Kier alpha value is -3.34. The molecule has 2 rings (SSSR count). The van der Waals surface area contributed by atoms with E-state index in [0.29, 0.717) is 5.56 Å². The fourth-order valence-electron chi connectivity index (χ4n) is 1.47. The van der Waals surface area contributed by atoms with Gasteiger partial charge in [0, 0.05) is 19.7 Å². The van der Waals surface area contributed by atoms with Crippen LogP contribution in [-0.2, 0) is 0 Å². The molecular formula is C15H13FN6O. The van der Waals surface area contributed by atoms with Gasteiger partial charge in [-0.05, 0) is 0 Å². The number of halogens is 1. The third-order valence-electron chi connectivity index (χ3n) is 2.49. The molecule has 0 bridgehead atoms. The molecule has 0 radical (unpaired) electrons. The van der Waals surface area contributed by atoms with Crippen molar-refractivity contribution in [1.29, 1.82) is 5.26 Å². The van der Waals surface area contributed by atoms with E-state index in [1.165, 1.54) is 6.34 Å². The Morgan fingerprint density at radius 2 is 2.09 bits per heavy atom. The third-order valence-corrected chi connectivity index (χ3v) is 2.49. The minimum absolute atomic E-state index is 0.0527. The molecule has 2 aromatic rings. The molecule has 0 saturated carbocycles. The van der Waals surface area contributed by atoms with Gasteiger partial charge in [0.15, 0.2) is 17.3 Å². The summed E-state index contributed by atoms with van der Waals surface area (Å²) < 4.78 is 13.5. The number of hydrogen-bond acceptors (Lipinski definition) is 6. The Balaban J connectivity index is 2.22. The molecular weight excluding hydrogens is 299 g/mol. The molecule has 0 N–H and O–H groups in total. The van der Waals surface area contributed by atoms with Crippen molar-refractivity contribution in [1.82, 2.24) is 14.9 Å². The van der Waals surface area contributed by atoms with E-state index in [1.807, 2.05) is 12.1 Å². The maximum Gasteiger partial charge on any atom is 0.347 e. The number of oxime groups is 1. The molecule has 0 saturated heterocycles. The number of aromatic nitrogens is 2. The van der Waals surface area contributed by atoms with Gasteiger partial charge in [-0.1, -0.05) is 35.5 Å². The molecule has 0 amide bonds. The van der Waals surface area contributed by atoms with Crippen LogP contribution in [0.2, 0.25) is 0 Å². The van der Waals surface area contributed by atoms with Crippen molar-refractivity contribution in [3.05, 3.63) is 47.9 Å². The number of nitrogens with zero attached hydrogens (tertiary/aromatic N) is 6. The quantitative estimate of drug-likeness (QED) is 0.479. The van der Waals surface area contributed by atoms with Crippen LogP contribution in [0.5, 0.6) is 6.01 Å². The van der Waals surface area contributed by atoms with Crippen molar-refractivity contribution >= 4 is 17.9 Å². The highest BCUT2D eigenvalue weighted by Gasteiger charge is 2.08. The lowest BCUT2D eigenvalue weighted by molar-refractivity contribution is 0.312. The second kappa shape index (κ2) is 7.61. The summed E-state index contributed by atoms with van der Waals surface area (Å²) >= 11 is 0. The third kappa shape index (κ3) is 4.57. The van der Waals surface area contributed by atoms with Gasteiger partial charge in [-0.25, -0.2) is 9.38 Å². The fraction of sp³-hybridized carbons (Fsp3) is 0.133. The second-order valence-corrected chi connectivity index (χ2v) is 4.54. The highest BCUT2D eigenvalue weighted by molar-refractivity contribution is 6.11. The van der Waals surface area contributed by atoms with Gasteiger partial charge in [0.25, 0.3) is 0 Å². The average Bonchev–Trinajstić information content (AvgIpc) is 2.56. The van der Waals surface area contributed by atoms with Gasteiger partial charge in [0.05, 0.1) is 12.5 Å². The molecule has 0 aliphatic carbocycles. The van der Waals surface area contributed by atoms with E-state index in [1.54, 1.807) is 43.3 Å². The Bertz CT molecular complexity index is 767.